The minimum Gasteiger partial charge on any atom is -0.394 e. The van der Waals surface area contributed by atoms with E-state index in [1.54, 1.807) is 6.20 Å². The Morgan fingerprint density at radius 3 is 2.50 bits per heavy atom. The summed E-state index contributed by atoms with van der Waals surface area (Å²) in [5, 5.41) is 10.0. The van der Waals surface area contributed by atoms with Crippen LogP contribution in [-0.4, -0.2) is 31.2 Å². The van der Waals surface area contributed by atoms with Gasteiger partial charge in [-0.15, -0.1) is 0 Å². The highest BCUT2D eigenvalue weighted by atomic mass is 16.3. The maximum absolute atomic E-state index is 12.7. The molecule has 6 heteroatoms. The van der Waals surface area contributed by atoms with E-state index in [2.05, 4.69) is 29.9 Å². The third-order valence-corrected chi connectivity index (χ3v) is 4.95. The molecule has 0 aliphatic rings. The van der Waals surface area contributed by atoms with Crippen LogP contribution in [0.15, 0.2) is 65.6 Å². The van der Waals surface area contributed by atoms with Gasteiger partial charge in [0.15, 0.2) is 11.5 Å². The number of aromatic nitrogens is 4. The van der Waals surface area contributed by atoms with Gasteiger partial charge in [0.05, 0.1) is 18.8 Å². The van der Waals surface area contributed by atoms with Crippen molar-refractivity contribution in [3.8, 4) is 11.4 Å². The molecule has 1 unspecified atom stereocenters. The molecule has 2 heterocycles. The Bertz CT molecular complexity index is 1160. The van der Waals surface area contributed by atoms with Crippen LogP contribution in [0.1, 0.15) is 36.9 Å². The van der Waals surface area contributed by atoms with Crippen molar-refractivity contribution in [2.45, 2.75) is 25.8 Å². The molecule has 0 amide bonds. The van der Waals surface area contributed by atoms with E-state index in [0.717, 1.165) is 16.7 Å². The van der Waals surface area contributed by atoms with Crippen LogP contribution in [0, 0.1) is 0 Å². The zero-order valence-electron chi connectivity index (χ0n) is 15.8. The van der Waals surface area contributed by atoms with Crippen molar-refractivity contribution in [3.63, 3.8) is 0 Å². The highest BCUT2D eigenvalue weighted by molar-refractivity contribution is 5.74. The number of aliphatic hydroxyl groups excluding tert-OH is 1. The number of aliphatic hydroxyl groups is 1. The maximum atomic E-state index is 12.7. The molecule has 0 fully saturated rings. The lowest BCUT2D eigenvalue weighted by molar-refractivity contribution is 0.249. The van der Waals surface area contributed by atoms with Crippen LogP contribution in [0.3, 0.4) is 0 Å². The Kier molecular flexibility index (Phi) is 4.79. The van der Waals surface area contributed by atoms with Crippen molar-refractivity contribution in [2.24, 2.45) is 0 Å². The third-order valence-electron chi connectivity index (χ3n) is 4.95. The molecule has 2 aromatic carbocycles. The van der Waals surface area contributed by atoms with Crippen molar-refractivity contribution in [2.75, 3.05) is 6.61 Å². The van der Waals surface area contributed by atoms with Crippen LogP contribution in [0.25, 0.3) is 22.6 Å². The lowest BCUT2D eigenvalue weighted by Gasteiger charge is -2.16. The van der Waals surface area contributed by atoms with Crippen molar-refractivity contribution in [1.29, 1.82) is 0 Å². The first-order valence-corrected chi connectivity index (χ1v) is 9.32. The van der Waals surface area contributed by atoms with Gasteiger partial charge in [-0.3, -0.25) is 4.57 Å². The number of rotatable bonds is 5. The first-order valence-electron chi connectivity index (χ1n) is 9.32. The van der Waals surface area contributed by atoms with Crippen molar-refractivity contribution in [3.05, 3.63) is 82.4 Å². The molecule has 0 bridgehead atoms. The predicted molar refractivity (Wildman–Crippen MR) is 109 cm³/mol. The number of imidazole rings is 1. The molecule has 4 aromatic rings. The first-order chi connectivity index (χ1) is 13.6. The van der Waals surface area contributed by atoms with Crippen LogP contribution in [0.2, 0.25) is 0 Å². The number of nitrogens with zero attached hydrogens (tertiary/aromatic N) is 3. The van der Waals surface area contributed by atoms with Gasteiger partial charge in [-0.25, -0.2) is 14.8 Å². The van der Waals surface area contributed by atoms with Gasteiger partial charge in [0.1, 0.15) is 5.52 Å². The molecule has 0 spiro atoms. The van der Waals surface area contributed by atoms with Gasteiger partial charge in [0.2, 0.25) is 0 Å². The van der Waals surface area contributed by atoms with Crippen molar-refractivity contribution in [1.82, 2.24) is 19.5 Å². The first kappa shape index (κ1) is 18.1. The Morgan fingerprint density at radius 2 is 1.79 bits per heavy atom. The number of H-pyrrole nitrogens is 1. The maximum Gasteiger partial charge on any atom is 0.328 e. The lowest BCUT2D eigenvalue weighted by atomic mass is 9.97. The zero-order valence-corrected chi connectivity index (χ0v) is 15.8. The summed E-state index contributed by atoms with van der Waals surface area (Å²) in [5.41, 5.74) is 3.65. The Hall–Kier alpha value is -3.25. The predicted octanol–water partition coefficient (Wildman–Crippen LogP) is 3.49. The summed E-state index contributed by atoms with van der Waals surface area (Å²) >= 11 is 0. The normalized spacial score (nSPS) is 12.6. The van der Waals surface area contributed by atoms with Crippen molar-refractivity contribution >= 4 is 11.2 Å². The number of aromatic amines is 1. The van der Waals surface area contributed by atoms with Gasteiger partial charge in [0.25, 0.3) is 0 Å². The summed E-state index contributed by atoms with van der Waals surface area (Å²) in [5.74, 6) is 0.882. The average molecular weight is 374 g/mol. The van der Waals surface area contributed by atoms with Gasteiger partial charge in [0, 0.05) is 5.56 Å². The molecule has 2 aromatic heterocycles. The molecule has 1 atom stereocenters. The van der Waals surface area contributed by atoms with Gasteiger partial charge < -0.3 is 10.1 Å². The van der Waals surface area contributed by atoms with E-state index in [9.17, 15) is 9.90 Å². The summed E-state index contributed by atoms with van der Waals surface area (Å²) in [6, 6.07) is 17.0. The fourth-order valence-electron chi connectivity index (χ4n) is 3.55. The van der Waals surface area contributed by atoms with Crippen LogP contribution in [-0.2, 0) is 0 Å². The van der Waals surface area contributed by atoms with Crippen LogP contribution < -0.4 is 5.69 Å². The fraction of sp³-hybridized carbons (Fsp3) is 0.227. The number of hydrogen-bond donors (Lipinski definition) is 2. The molecule has 142 valence electrons. The second kappa shape index (κ2) is 7.40. The quantitative estimate of drug-likeness (QED) is 0.560. The van der Waals surface area contributed by atoms with Crippen LogP contribution in [0.4, 0.5) is 0 Å². The van der Waals surface area contributed by atoms with Crippen LogP contribution in [0.5, 0.6) is 0 Å². The lowest BCUT2D eigenvalue weighted by Crippen LogP contribution is -2.26. The van der Waals surface area contributed by atoms with Gasteiger partial charge in [-0.2, -0.15) is 0 Å². The zero-order chi connectivity index (χ0) is 19.7. The standard InChI is InChI=1S/C22H22N4O2/c1-14(2)16-10-6-7-11-17(16)20-23-12-18-21(25-20)26(22(28)24-18)19(13-27)15-8-4-3-5-9-15/h3-12,14,19,27H,13H2,1-2H3,(H,24,28). The van der Waals surface area contributed by atoms with E-state index < -0.39 is 6.04 Å². The van der Waals surface area contributed by atoms with Crippen molar-refractivity contribution < 1.29 is 5.11 Å². The molecule has 4 rings (SSSR count). The Morgan fingerprint density at radius 1 is 1.07 bits per heavy atom. The molecule has 0 saturated heterocycles. The van der Waals surface area contributed by atoms with E-state index >= 15 is 0 Å². The third kappa shape index (κ3) is 3.12. The van der Waals surface area contributed by atoms with Gasteiger partial charge in [-0.05, 0) is 17.0 Å². The summed E-state index contributed by atoms with van der Waals surface area (Å²) in [4.78, 5) is 24.7. The summed E-state index contributed by atoms with van der Waals surface area (Å²) < 4.78 is 1.51. The van der Waals surface area contributed by atoms with Gasteiger partial charge in [-0.1, -0.05) is 68.4 Å². The molecular weight excluding hydrogens is 352 g/mol. The number of nitrogens with one attached hydrogen (secondary N) is 1. The van der Waals surface area contributed by atoms with Gasteiger partial charge >= 0.3 is 5.69 Å². The van der Waals surface area contributed by atoms with E-state index in [0.29, 0.717) is 22.9 Å². The number of benzene rings is 2. The Balaban J connectivity index is 1.92. The molecule has 28 heavy (non-hydrogen) atoms. The van der Waals surface area contributed by atoms with E-state index in [4.69, 9.17) is 4.98 Å². The molecule has 6 nitrogen and oxygen atoms in total. The Labute approximate surface area is 162 Å². The second-order valence-electron chi connectivity index (χ2n) is 7.08. The summed E-state index contributed by atoms with van der Waals surface area (Å²) in [7, 11) is 0. The highest BCUT2D eigenvalue weighted by Crippen LogP contribution is 2.28. The monoisotopic (exact) mass is 374 g/mol. The molecule has 2 N–H and O–H groups in total. The SMILES string of the molecule is CC(C)c1ccccc1-c1ncc2[nH]c(=O)n(C(CO)c3ccccc3)c2n1. The van der Waals surface area contributed by atoms with Crippen LogP contribution >= 0.6 is 0 Å². The second-order valence-corrected chi connectivity index (χ2v) is 7.08. The molecule has 0 aliphatic heterocycles. The average Bonchev–Trinajstić information content (AvgIpc) is 3.04. The molecule has 0 aliphatic carbocycles. The van der Waals surface area contributed by atoms with E-state index in [-0.39, 0.29) is 12.3 Å². The smallest absolute Gasteiger partial charge is 0.328 e. The molecule has 0 radical (unpaired) electrons. The number of hydrogen-bond acceptors (Lipinski definition) is 4. The van der Waals surface area contributed by atoms with E-state index in [1.165, 1.54) is 4.57 Å². The van der Waals surface area contributed by atoms with E-state index in [1.807, 2.05) is 48.5 Å². The summed E-state index contributed by atoms with van der Waals surface area (Å²) in [6.45, 7) is 4.04. The molecular formula is C22H22N4O2. The minimum absolute atomic E-state index is 0.210. The fourth-order valence-corrected chi connectivity index (χ4v) is 3.55. The molecule has 0 saturated carbocycles. The topological polar surface area (TPSA) is 83.8 Å². The number of fused-ring (bicyclic) bond motifs is 1. The minimum atomic E-state index is -0.523. The largest absolute Gasteiger partial charge is 0.394 e. The summed E-state index contributed by atoms with van der Waals surface area (Å²) in [6.07, 6.45) is 1.63. The highest BCUT2D eigenvalue weighted by Gasteiger charge is 2.21.